The summed E-state index contributed by atoms with van der Waals surface area (Å²) >= 11 is 3.42. The maximum Gasteiger partial charge on any atom is 0.257 e. The quantitative estimate of drug-likeness (QED) is 0.867. The fourth-order valence-corrected chi connectivity index (χ4v) is 3.36. The highest BCUT2D eigenvalue weighted by atomic mass is 79.9. The average Bonchev–Trinajstić information content (AvgIpc) is 2.51. The lowest BCUT2D eigenvalue weighted by Crippen LogP contribution is -2.41. The molecule has 0 atom stereocenters. The van der Waals surface area contributed by atoms with Crippen LogP contribution < -0.4 is 5.32 Å². The highest BCUT2D eigenvalue weighted by Gasteiger charge is 2.26. The first kappa shape index (κ1) is 16.3. The molecule has 0 spiro atoms. The molecular formula is C16H24BrN3O. The van der Waals surface area contributed by atoms with Crippen LogP contribution >= 0.6 is 15.9 Å². The number of nitrogens with one attached hydrogen (secondary N) is 1. The van der Waals surface area contributed by atoms with Crippen molar-refractivity contribution in [3.63, 3.8) is 0 Å². The number of pyridine rings is 1. The molecule has 0 bridgehead atoms. The van der Waals surface area contributed by atoms with Crippen LogP contribution in [-0.2, 0) is 0 Å². The molecule has 1 aliphatic rings. The first-order chi connectivity index (χ1) is 10.2. The van der Waals surface area contributed by atoms with E-state index in [0.29, 0.717) is 17.4 Å². The monoisotopic (exact) mass is 353 g/mol. The molecular weight excluding hydrogens is 330 g/mol. The number of hydrogen-bond acceptors (Lipinski definition) is 3. The molecule has 1 aromatic rings. The van der Waals surface area contributed by atoms with E-state index in [0.717, 1.165) is 30.4 Å². The molecule has 1 saturated carbocycles. The molecule has 4 nitrogen and oxygen atoms in total. The Labute approximate surface area is 135 Å². The summed E-state index contributed by atoms with van der Waals surface area (Å²) in [5.41, 5.74) is 0.665. The van der Waals surface area contributed by atoms with E-state index in [-0.39, 0.29) is 5.91 Å². The Morgan fingerprint density at radius 2 is 2.10 bits per heavy atom. The summed E-state index contributed by atoms with van der Waals surface area (Å²) in [6.07, 6.45) is 7.72. The van der Waals surface area contributed by atoms with Crippen LogP contribution in [0.5, 0.6) is 0 Å². The molecule has 0 radical (unpaired) electrons. The van der Waals surface area contributed by atoms with Gasteiger partial charge >= 0.3 is 0 Å². The molecule has 2 rings (SSSR count). The van der Waals surface area contributed by atoms with E-state index in [9.17, 15) is 4.79 Å². The SMILES string of the molecule is CCNc1ncc(Br)cc1C(=O)N(CC)C1CCCCC1. The molecule has 0 aromatic carbocycles. The smallest absolute Gasteiger partial charge is 0.257 e. The Balaban J connectivity index is 2.25. The van der Waals surface area contributed by atoms with Crippen molar-refractivity contribution < 1.29 is 4.79 Å². The highest BCUT2D eigenvalue weighted by molar-refractivity contribution is 9.10. The number of carbonyl (C=O) groups excluding carboxylic acids is 1. The zero-order valence-corrected chi connectivity index (χ0v) is 14.4. The van der Waals surface area contributed by atoms with E-state index in [2.05, 4.69) is 33.2 Å². The minimum Gasteiger partial charge on any atom is -0.370 e. The molecule has 0 unspecified atom stereocenters. The van der Waals surface area contributed by atoms with Gasteiger partial charge in [-0.3, -0.25) is 4.79 Å². The van der Waals surface area contributed by atoms with Gasteiger partial charge in [-0.05, 0) is 48.7 Å². The Morgan fingerprint density at radius 3 is 2.71 bits per heavy atom. The summed E-state index contributed by atoms with van der Waals surface area (Å²) in [6, 6.07) is 2.25. The van der Waals surface area contributed by atoms with Crippen LogP contribution in [0.25, 0.3) is 0 Å². The molecule has 21 heavy (non-hydrogen) atoms. The lowest BCUT2D eigenvalue weighted by molar-refractivity contribution is 0.0648. The standard InChI is InChI=1S/C16H24BrN3O/c1-3-18-15-14(10-12(17)11-19-15)16(21)20(4-2)13-8-6-5-7-9-13/h10-11,13H,3-9H2,1-2H3,(H,18,19). The summed E-state index contributed by atoms with van der Waals surface area (Å²) in [5, 5.41) is 3.19. The molecule has 1 aliphatic carbocycles. The van der Waals surface area contributed by atoms with Gasteiger partial charge in [0.2, 0.25) is 0 Å². The number of hydrogen-bond donors (Lipinski definition) is 1. The normalized spacial score (nSPS) is 15.8. The fourth-order valence-electron chi connectivity index (χ4n) is 3.03. The topological polar surface area (TPSA) is 45.2 Å². The van der Waals surface area contributed by atoms with Gasteiger partial charge in [0.25, 0.3) is 5.91 Å². The van der Waals surface area contributed by atoms with E-state index in [1.165, 1.54) is 19.3 Å². The maximum atomic E-state index is 12.9. The number of carbonyl (C=O) groups is 1. The van der Waals surface area contributed by atoms with E-state index < -0.39 is 0 Å². The van der Waals surface area contributed by atoms with Crippen molar-refractivity contribution in [3.8, 4) is 0 Å². The third-order valence-corrected chi connectivity index (χ3v) is 4.48. The second-order valence-electron chi connectivity index (χ2n) is 5.46. The van der Waals surface area contributed by atoms with Crippen LogP contribution in [0.1, 0.15) is 56.3 Å². The molecule has 1 N–H and O–H groups in total. The van der Waals surface area contributed by atoms with Crippen LogP contribution in [0, 0.1) is 0 Å². The van der Waals surface area contributed by atoms with Gasteiger partial charge in [-0.1, -0.05) is 19.3 Å². The van der Waals surface area contributed by atoms with Crippen LogP contribution in [0.15, 0.2) is 16.7 Å². The minimum absolute atomic E-state index is 0.0918. The fraction of sp³-hybridized carbons (Fsp3) is 0.625. The average molecular weight is 354 g/mol. The number of aromatic nitrogens is 1. The molecule has 1 heterocycles. The lowest BCUT2D eigenvalue weighted by Gasteiger charge is -2.34. The number of halogens is 1. The van der Waals surface area contributed by atoms with Gasteiger partial charge in [0.15, 0.2) is 0 Å². The van der Waals surface area contributed by atoms with Gasteiger partial charge < -0.3 is 10.2 Å². The lowest BCUT2D eigenvalue weighted by atomic mass is 9.93. The highest BCUT2D eigenvalue weighted by Crippen LogP contribution is 2.26. The molecule has 5 heteroatoms. The number of rotatable bonds is 5. The summed E-state index contributed by atoms with van der Waals surface area (Å²) in [4.78, 5) is 19.3. The summed E-state index contributed by atoms with van der Waals surface area (Å²) in [7, 11) is 0. The Hall–Kier alpha value is -1.10. The van der Waals surface area contributed by atoms with Crippen molar-refractivity contribution in [3.05, 3.63) is 22.3 Å². The third-order valence-electron chi connectivity index (χ3n) is 4.05. The number of amides is 1. The van der Waals surface area contributed by atoms with Crippen LogP contribution in [0.2, 0.25) is 0 Å². The van der Waals surface area contributed by atoms with Crippen LogP contribution in [0.4, 0.5) is 5.82 Å². The van der Waals surface area contributed by atoms with E-state index in [1.807, 2.05) is 17.9 Å². The van der Waals surface area contributed by atoms with Gasteiger partial charge in [0.1, 0.15) is 5.82 Å². The van der Waals surface area contributed by atoms with E-state index in [1.54, 1.807) is 6.20 Å². The van der Waals surface area contributed by atoms with Gasteiger partial charge in [0.05, 0.1) is 5.56 Å². The van der Waals surface area contributed by atoms with E-state index in [4.69, 9.17) is 0 Å². The first-order valence-electron chi connectivity index (χ1n) is 7.87. The minimum atomic E-state index is 0.0918. The van der Waals surface area contributed by atoms with Crippen molar-refractivity contribution in [2.24, 2.45) is 0 Å². The second kappa shape index (κ2) is 7.78. The molecule has 1 aromatic heterocycles. The summed E-state index contributed by atoms with van der Waals surface area (Å²) in [5.74, 6) is 0.772. The summed E-state index contributed by atoms with van der Waals surface area (Å²) in [6.45, 7) is 5.58. The van der Waals surface area contributed by atoms with Gasteiger partial charge in [-0.25, -0.2) is 4.98 Å². The van der Waals surface area contributed by atoms with Crippen molar-refractivity contribution in [2.45, 2.75) is 52.0 Å². The van der Waals surface area contributed by atoms with Crippen molar-refractivity contribution in [2.75, 3.05) is 18.4 Å². The largest absolute Gasteiger partial charge is 0.370 e. The molecule has 116 valence electrons. The van der Waals surface area contributed by atoms with Gasteiger partial charge in [-0.15, -0.1) is 0 Å². The zero-order chi connectivity index (χ0) is 15.2. The Kier molecular flexibility index (Phi) is 6.03. The first-order valence-corrected chi connectivity index (χ1v) is 8.67. The number of nitrogens with zero attached hydrogens (tertiary/aromatic N) is 2. The number of anilines is 1. The predicted octanol–water partition coefficient (Wildman–Crippen LogP) is 4.07. The van der Waals surface area contributed by atoms with Crippen molar-refractivity contribution in [1.82, 2.24) is 9.88 Å². The van der Waals surface area contributed by atoms with Crippen LogP contribution in [0.3, 0.4) is 0 Å². The van der Waals surface area contributed by atoms with Gasteiger partial charge in [0, 0.05) is 29.8 Å². The Bertz CT molecular complexity index is 486. The predicted molar refractivity (Wildman–Crippen MR) is 89.7 cm³/mol. The van der Waals surface area contributed by atoms with Crippen molar-refractivity contribution in [1.29, 1.82) is 0 Å². The molecule has 0 saturated heterocycles. The summed E-state index contributed by atoms with van der Waals surface area (Å²) < 4.78 is 0.840. The second-order valence-corrected chi connectivity index (χ2v) is 6.38. The Morgan fingerprint density at radius 1 is 1.38 bits per heavy atom. The maximum absolute atomic E-state index is 12.9. The van der Waals surface area contributed by atoms with Crippen LogP contribution in [-0.4, -0.2) is 34.9 Å². The van der Waals surface area contributed by atoms with Crippen molar-refractivity contribution >= 4 is 27.7 Å². The molecule has 1 amide bonds. The molecule has 1 fully saturated rings. The molecule has 0 aliphatic heterocycles. The van der Waals surface area contributed by atoms with Gasteiger partial charge in [-0.2, -0.15) is 0 Å². The van der Waals surface area contributed by atoms with E-state index >= 15 is 0 Å². The zero-order valence-electron chi connectivity index (χ0n) is 12.9. The third kappa shape index (κ3) is 3.96.